The van der Waals surface area contributed by atoms with E-state index in [1.807, 2.05) is 0 Å². The molecule has 0 aromatic heterocycles. The molecule has 1 rings (SSSR count). The van der Waals surface area contributed by atoms with E-state index in [-0.39, 0.29) is 0 Å². The Kier molecular flexibility index (Phi) is 6.98. The second-order valence-electron chi connectivity index (χ2n) is 4.76. The highest BCUT2D eigenvalue weighted by molar-refractivity contribution is 4.65. The Bertz CT molecular complexity index is 145. The molecular formula is C12H26N2O. The van der Waals surface area contributed by atoms with Crippen LogP contribution in [0.4, 0.5) is 0 Å². The molecule has 0 aliphatic carbocycles. The van der Waals surface area contributed by atoms with Crippen LogP contribution >= 0.6 is 0 Å². The third-order valence-electron chi connectivity index (χ3n) is 2.73. The second-order valence-corrected chi connectivity index (χ2v) is 4.76. The summed E-state index contributed by atoms with van der Waals surface area (Å²) in [6.07, 6.45) is 2.74. The molecule has 0 aromatic rings. The van der Waals surface area contributed by atoms with E-state index >= 15 is 0 Å². The van der Waals surface area contributed by atoms with E-state index in [9.17, 15) is 0 Å². The number of ether oxygens (including phenoxy) is 1. The maximum absolute atomic E-state index is 5.57. The van der Waals surface area contributed by atoms with E-state index in [1.165, 1.54) is 25.9 Å². The van der Waals surface area contributed by atoms with Gasteiger partial charge in [-0.2, -0.15) is 0 Å². The molecule has 1 N–H and O–H groups in total. The molecule has 0 spiro atoms. The van der Waals surface area contributed by atoms with Crippen LogP contribution in [0.15, 0.2) is 0 Å². The molecule has 3 heteroatoms. The average molecular weight is 214 g/mol. The summed E-state index contributed by atoms with van der Waals surface area (Å²) in [6, 6.07) is 0. The summed E-state index contributed by atoms with van der Waals surface area (Å²) in [5.41, 5.74) is 0. The van der Waals surface area contributed by atoms with Crippen LogP contribution in [0.25, 0.3) is 0 Å². The molecule has 1 saturated heterocycles. The van der Waals surface area contributed by atoms with Crippen LogP contribution in [-0.2, 0) is 4.74 Å². The van der Waals surface area contributed by atoms with Crippen LogP contribution in [0.2, 0.25) is 0 Å². The van der Waals surface area contributed by atoms with Gasteiger partial charge in [0, 0.05) is 13.1 Å². The van der Waals surface area contributed by atoms with Crippen molar-refractivity contribution < 1.29 is 4.74 Å². The van der Waals surface area contributed by atoms with Crippen LogP contribution in [0.5, 0.6) is 0 Å². The molecule has 0 bridgehead atoms. The summed E-state index contributed by atoms with van der Waals surface area (Å²) in [7, 11) is 0. The normalized spacial score (nSPS) is 17.8. The summed E-state index contributed by atoms with van der Waals surface area (Å²) >= 11 is 0. The second kappa shape index (κ2) is 8.08. The van der Waals surface area contributed by atoms with Gasteiger partial charge in [-0.05, 0) is 38.4 Å². The number of rotatable bonds is 8. The van der Waals surface area contributed by atoms with E-state index in [0.29, 0.717) is 0 Å². The van der Waals surface area contributed by atoms with Gasteiger partial charge in [0.1, 0.15) is 0 Å². The first-order chi connectivity index (χ1) is 7.29. The van der Waals surface area contributed by atoms with Crippen molar-refractivity contribution in [3.63, 3.8) is 0 Å². The zero-order chi connectivity index (χ0) is 10.9. The third kappa shape index (κ3) is 6.88. The lowest BCUT2D eigenvalue weighted by atomic mass is 10.2. The minimum absolute atomic E-state index is 0.731. The van der Waals surface area contributed by atoms with Gasteiger partial charge in [0.15, 0.2) is 0 Å². The molecule has 0 aromatic carbocycles. The fourth-order valence-corrected chi connectivity index (χ4v) is 1.84. The predicted octanol–water partition coefficient (Wildman–Crippen LogP) is 1.34. The van der Waals surface area contributed by atoms with E-state index in [0.717, 1.165) is 38.8 Å². The molecule has 1 aliphatic rings. The van der Waals surface area contributed by atoms with Crippen LogP contribution in [0.1, 0.15) is 26.7 Å². The van der Waals surface area contributed by atoms with Crippen molar-refractivity contribution >= 4 is 0 Å². The SMILES string of the molecule is CC(C)CNCCOCCN1CCCC1. The first-order valence-corrected chi connectivity index (χ1v) is 6.30. The van der Waals surface area contributed by atoms with E-state index in [2.05, 4.69) is 24.1 Å². The van der Waals surface area contributed by atoms with Gasteiger partial charge < -0.3 is 15.0 Å². The molecular weight excluding hydrogens is 188 g/mol. The van der Waals surface area contributed by atoms with Crippen molar-refractivity contribution in [2.24, 2.45) is 5.92 Å². The highest BCUT2D eigenvalue weighted by Crippen LogP contribution is 2.05. The molecule has 15 heavy (non-hydrogen) atoms. The minimum Gasteiger partial charge on any atom is -0.379 e. The molecule has 1 heterocycles. The Morgan fingerprint density at radius 1 is 1.20 bits per heavy atom. The largest absolute Gasteiger partial charge is 0.379 e. The Balaban J connectivity index is 1.76. The topological polar surface area (TPSA) is 24.5 Å². The van der Waals surface area contributed by atoms with Gasteiger partial charge in [-0.3, -0.25) is 0 Å². The fourth-order valence-electron chi connectivity index (χ4n) is 1.84. The smallest absolute Gasteiger partial charge is 0.0594 e. The zero-order valence-electron chi connectivity index (χ0n) is 10.3. The van der Waals surface area contributed by atoms with Crippen molar-refractivity contribution in [3.8, 4) is 0 Å². The standard InChI is InChI=1S/C12H26N2O/c1-12(2)11-13-5-9-15-10-8-14-6-3-4-7-14/h12-13H,3-11H2,1-2H3. The van der Waals surface area contributed by atoms with Crippen LogP contribution < -0.4 is 5.32 Å². The fraction of sp³-hybridized carbons (Fsp3) is 1.00. The number of hydrogen-bond donors (Lipinski definition) is 1. The summed E-state index contributed by atoms with van der Waals surface area (Å²) in [5, 5.41) is 3.37. The van der Waals surface area contributed by atoms with E-state index in [4.69, 9.17) is 4.74 Å². The molecule has 0 amide bonds. The lowest BCUT2D eigenvalue weighted by Crippen LogP contribution is -2.27. The number of hydrogen-bond acceptors (Lipinski definition) is 3. The molecule has 3 nitrogen and oxygen atoms in total. The Morgan fingerprint density at radius 2 is 1.93 bits per heavy atom. The van der Waals surface area contributed by atoms with Gasteiger partial charge in [-0.25, -0.2) is 0 Å². The lowest BCUT2D eigenvalue weighted by molar-refractivity contribution is 0.112. The molecule has 1 aliphatic heterocycles. The monoisotopic (exact) mass is 214 g/mol. The van der Waals surface area contributed by atoms with Crippen molar-refractivity contribution in [3.05, 3.63) is 0 Å². The van der Waals surface area contributed by atoms with Crippen LogP contribution in [0, 0.1) is 5.92 Å². The molecule has 90 valence electrons. The van der Waals surface area contributed by atoms with Crippen LogP contribution in [-0.4, -0.2) is 50.8 Å². The first kappa shape index (κ1) is 12.9. The summed E-state index contributed by atoms with van der Waals surface area (Å²) in [4.78, 5) is 2.49. The maximum atomic E-state index is 5.57. The highest BCUT2D eigenvalue weighted by atomic mass is 16.5. The van der Waals surface area contributed by atoms with Crippen molar-refractivity contribution in [2.75, 3.05) is 45.9 Å². The Hall–Kier alpha value is -0.120. The quantitative estimate of drug-likeness (QED) is 0.617. The van der Waals surface area contributed by atoms with Gasteiger partial charge in [0.25, 0.3) is 0 Å². The number of likely N-dealkylation sites (tertiary alicyclic amines) is 1. The van der Waals surface area contributed by atoms with Gasteiger partial charge in [-0.15, -0.1) is 0 Å². The van der Waals surface area contributed by atoms with Crippen molar-refractivity contribution in [1.29, 1.82) is 0 Å². The molecule has 0 saturated carbocycles. The van der Waals surface area contributed by atoms with E-state index in [1.54, 1.807) is 0 Å². The Morgan fingerprint density at radius 3 is 2.60 bits per heavy atom. The maximum Gasteiger partial charge on any atom is 0.0594 e. The van der Waals surface area contributed by atoms with Crippen molar-refractivity contribution in [2.45, 2.75) is 26.7 Å². The zero-order valence-corrected chi connectivity index (χ0v) is 10.3. The average Bonchev–Trinajstić information content (AvgIpc) is 2.68. The number of nitrogens with one attached hydrogen (secondary N) is 1. The molecule has 0 atom stereocenters. The third-order valence-corrected chi connectivity index (χ3v) is 2.73. The van der Waals surface area contributed by atoms with Crippen LogP contribution in [0.3, 0.4) is 0 Å². The summed E-state index contributed by atoms with van der Waals surface area (Å²) in [5.74, 6) is 0.731. The molecule has 1 fully saturated rings. The van der Waals surface area contributed by atoms with Gasteiger partial charge in [0.2, 0.25) is 0 Å². The van der Waals surface area contributed by atoms with Gasteiger partial charge in [0.05, 0.1) is 13.2 Å². The highest BCUT2D eigenvalue weighted by Gasteiger charge is 2.09. The lowest BCUT2D eigenvalue weighted by Gasteiger charge is -2.14. The minimum atomic E-state index is 0.731. The first-order valence-electron chi connectivity index (χ1n) is 6.30. The predicted molar refractivity (Wildman–Crippen MR) is 64.2 cm³/mol. The van der Waals surface area contributed by atoms with Gasteiger partial charge >= 0.3 is 0 Å². The molecule has 0 radical (unpaired) electrons. The molecule has 0 unspecified atom stereocenters. The summed E-state index contributed by atoms with van der Waals surface area (Å²) < 4.78 is 5.57. The number of nitrogens with zero attached hydrogens (tertiary/aromatic N) is 1. The van der Waals surface area contributed by atoms with Gasteiger partial charge in [-0.1, -0.05) is 13.8 Å². The van der Waals surface area contributed by atoms with Crippen molar-refractivity contribution in [1.82, 2.24) is 10.2 Å². The van der Waals surface area contributed by atoms with E-state index < -0.39 is 0 Å². The summed E-state index contributed by atoms with van der Waals surface area (Å²) in [6.45, 7) is 11.9. The Labute approximate surface area is 94.2 Å².